The Hall–Kier alpha value is -1.06. The first-order chi connectivity index (χ1) is 12.8. The van der Waals surface area contributed by atoms with Crippen molar-refractivity contribution in [2.45, 2.75) is 31.5 Å². The van der Waals surface area contributed by atoms with Crippen LogP contribution in [0.15, 0.2) is 35.3 Å². The molecule has 0 aliphatic carbocycles. The van der Waals surface area contributed by atoms with Crippen LogP contribution in [0.1, 0.15) is 19.3 Å². The molecule has 2 unspecified atom stereocenters. The summed E-state index contributed by atoms with van der Waals surface area (Å²) in [6.45, 7) is 5.26. The maximum Gasteiger partial charge on any atom is 0.193 e. The number of guanidine groups is 1. The Morgan fingerprint density at radius 1 is 1.22 bits per heavy atom. The second kappa shape index (κ2) is 11.7. The molecule has 1 aromatic carbocycles. The predicted molar refractivity (Wildman–Crippen MR) is 121 cm³/mol. The van der Waals surface area contributed by atoms with E-state index in [2.05, 4.69) is 57.5 Å². The Labute approximate surface area is 180 Å². The van der Waals surface area contributed by atoms with E-state index in [9.17, 15) is 0 Å². The lowest BCUT2D eigenvalue weighted by Gasteiger charge is -2.37. The van der Waals surface area contributed by atoms with Gasteiger partial charge in [-0.05, 0) is 31.4 Å². The summed E-state index contributed by atoms with van der Waals surface area (Å²) in [6, 6.07) is 10.5. The molecule has 3 rings (SSSR count). The molecule has 7 heteroatoms. The number of hydrogen-bond acceptors (Lipinski definition) is 4. The fraction of sp³-hybridized carbons (Fsp3) is 0.650. The molecule has 2 saturated heterocycles. The average Bonchev–Trinajstić information content (AvgIpc) is 3.23. The van der Waals surface area contributed by atoms with E-state index >= 15 is 0 Å². The van der Waals surface area contributed by atoms with Gasteiger partial charge in [0.1, 0.15) is 6.10 Å². The third kappa shape index (κ3) is 6.50. The van der Waals surface area contributed by atoms with E-state index in [1.165, 1.54) is 5.69 Å². The molecule has 1 N–H and O–H groups in total. The first kappa shape index (κ1) is 22.2. The van der Waals surface area contributed by atoms with Crippen LogP contribution in [0.4, 0.5) is 5.69 Å². The summed E-state index contributed by atoms with van der Waals surface area (Å²) in [5, 5.41) is 3.51. The Kier molecular flexibility index (Phi) is 9.64. The minimum absolute atomic E-state index is 0. The van der Waals surface area contributed by atoms with Crippen molar-refractivity contribution >= 4 is 35.6 Å². The monoisotopic (exact) mass is 488 g/mol. The number of anilines is 1. The molecule has 0 aromatic heterocycles. The van der Waals surface area contributed by atoms with Crippen molar-refractivity contribution < 1.29 is 9.47 Å². The highest BCUT2D eigenvalue weighted by atomic mass is 127. The Morgan fingerprint density at radius 3 is 2.70 bits per heavy atom. The van der Waals surface area contributed by atoms with E-state index in [4.69, 9.17) is 9.47 Å². The standard InChI is InChI=1S/C20H32N4O2.HI/c1-21-20(22-11-7-12-23(2)17-8-4-3-5-9-17)24-13-15-26-19(16-24)18-10-6-14-25-18;/h3-5,8-9,18-19H,6-7,10-16H2,1-2H3,(H,21,22);1H. The topological polar surface area (TPSA) is 49.3 Å². The van der Waals surface area contributed by atoms with Crippen LogP contribution in [-0.4, -0.2) is 76.6 Å². The molecule has 152 valence electrons. The number of halogens is 1. The van der Waals surface area contributed by atoms with Gasteiger partial charge >= 0.3 is 0 Å². The van der Waals surface area contributed by atoms with Gasteiger partial charge in [0, 0.05) is 52.6 Å². The Balaban J connectivity index is 0.00000261. The minimum atomic E-state index is 0. The quantitative estimate of drug-likeness (QED) is 0.289. The van der Waals surface area contributed by atoms with Gasteiger partial charge in [0.2, 0.25) is 0 Å². The van der Waals surface area contributed by atoms with E-state index < -0.39 is 0 Å². The lowest BCUT2D eigenvalue weighted by molar-refractivity contribution is -0.0816. The van der Waals surface area contributed by atoms with E-state index in [0.717, 1.165) is 64.6 Å². The summed E-state index contributed by atoms with van der Waals surface area (Å²) in [4.78, 5) is 9.06. The van der Waals surface area contributed by atoms with Crippen molar-refractivity contribution in [3.63, 3.8) is 0 Å². The number of benzene rings is 1. The van der Waals surface area contributed by atoms with Gasteiger partial charge in [0.05, 0.1) is 12.7 Å². The summed E-state index contributed by atoms with van der Waals surface area (Å²) < 4.78 is 11.7. The van der Waals surface area contributed by atoms with Crippen LogP contribution < -0.4 is 10.2 Å². The maximum absolute atomic E-state index is 5.94. The molecule has 1 aromatic rings. The number of para-hydroxylation sites is 1. The van der Waals surface area contributed by atoms with Crippen LogP contribution in [0.5, 0.6) is 0 Å². The molecule has 2 aliphatic rings. The number of hydrogen-bond donors (Lipinski definition) is 1. The van der Waals surface area contributed by atoms with Crippen molar-refractivity contribution in [2.24, 2.45) is 4.99 Å². The summed E-state index contributed by atoms with van der Waals surface area (Å²) in [7, 11) is 3.99. The predicted octanol–water partition coefficient (Wildman–Crippen LogP) is 2.59. The SMILES string of the molecule is CN=C(NCCCN(C)c1ccccc1)N1CCOC(C2CCCO2)C1.I. The molecule has 0 amide bonds. The lowest BCUT2D eigenvalue weighted by Crippen LogP contribution is -2.53. The lowest BCUT2D eigenvalue weighted by atomic mass is 10.1. The summed E-state index contributed by atoms with van der Waals surface area (Å²) in [5.41, 5.74) is 1.25. The molecule has 0 saturated carbocycles. The van der Waals surface area contributed by atoms with Gasteiger partial charge in [-0.3, -0.25) is 4.99 Å². The molecule has 2 heterocycles. The largest absolute Gasteiger partial charge is 0.375 e. The number of morpholine rings is 1. The van der Waals surface area contributed by atoms with Crippen LogP contribution in [0, 0.1) is 0 Å². The summed E-state index contributed by atoms with van der Waals surface area (Å²) >= 11 is 0. The molecule has 2 aliphatic heterocycles. The fourth-order valence-corrected chi connectivity index (χ4v) is 3.65. The van der Waals surface area contributed by atoms with Crippen LogP contribution in [0.3, 0.4) is 0 Å². The summed E-state index contributed by atoms with van der Waals surface area (Å²) in [6.07, 6.45) is 3.72. The van der Waals surface area contributed by atoms with Gasteiger partial charge in [-0.1, -0.05) is 18.2 Å². The molecule has 2 fully saturated rings. The molecule has 2 atom stereocenters. The van der Waals surface area contributed by atoms with Gasteiger partial charge in [0.15, 0.2) is 5.96 Å². The number of ether oxygens (including phenoxy) is 2. The first-order valence-corrected chi connectivity index (χ1v) is 9.73. The molecule has 27 heavy (non-hydrogen) atoms. The van der Waals surface area contributed by atoms with Gasteiger partial charge in [-0.15, -0.1) is 24.0 Å². The van der Waals surface area contributed by atoms with Gasteiger partial charge in [0.25, 0.3) is 0 Å². The third-order valence-electron chi connectivity index (χ3n) is 5.13. The first-order valence-electron chi connectivity index (χ1n) is 9.73. The Morgan fingerprint density at radius 2 is 2.00 bits per heavy atom. The number of nitrogens with zero attached hydrogens (tertiary/aromatic N) is 3. The van der Waals surface area contributed by atoms with Crippen molar-refractivity contribution in [3.8, 4) is 0 Å². The highest BCUT2D eigenvalue weighted by Crippen LogP contribution is 2.21. The van der Waals surface area contributed by atoms with Gasteiger partial charge < -0.3 is 24.6 Å². The Bertz CT molecular complexity index is 566. The van der Waals surface area contributed by atoms with Crippen molar-refractivity contribution in [2.75, 3.05) is 58.4 Å². The average molecular weight is 488 g/mol. The van der Waals surface area contributed by atoms with Crippen LogP contribution in [-0.2, 0) is 9.47 Å². The second-order valence-corrected chi connectivity index (χ2v) is 6.99. The van der Waals surface area contributed by atoms with Crippen molar-refractivity contribution in [3.05, 3.63) is 30.3 Å². The van der Waals surface area contributed by atoms with Crippen LogP contribution in [0.2, 0.25) is 0 Å². The molecule has 0 spiro atoms. The van der Waals surface area contributed by atoms with E-state index in [-0.39, 0.29) is 36.2 Å². The van der Waals surface area contributed by atoms with E-state index in [1.54, 1.807) is 0 Å². The molecular formula is C20H33IN4O2. The summed E-state index contributed by atoms with van der Waals surface area (Å²) in [5.74, 6) is 0.971. The van der Waals surface area contributed by atoms with Crippen LogP contribution in [0.25, 0.3) is 0 Å². The zero-order valence-electron chi connectivity index (χ0n) is 16.5. The third-order valence-corrected chi connectivity index (χ3v) is 5.13. The molecule has 0 bridgehead atoms. The van der Waals surface area contributed by atoms with Crippen LogP contribution >= 0.6 is 24.0 Å². The highest BCUT2D eigenvalue weighted by Gasteiger charge is 2.32. The zero-order valence-corrected chi connectivity index (χ0v) is 18.8. The van der Waals surface area contributed by atoms with E-state index in [1.807, 2.05) is 7.05 Å². The normalized spacial score (nSPS) is 23.0. The fourth-order valence-electron chi connectivity index (χ4n) is 3.65. The second-order valence-electron chi connectivity index (χ2n) is 6.99. The molecule has 6 nitrogen and oxygen atoms in total. The highest BCUT2D eigenvalue weighted by molar-refractivity contribution is 14.0. The van der Waals surface area contributed by atoms with Crippen molar-refractivity contribution in [1.29, 1.82) is 0 Å². The van der Waals surface area contributed by atoms with Gasteiger partial charge in [-0.25, -0.2) is 0 Å². The number of rotatable bonds is 6. The molecular weight excluding hydrogens is 455 g/mol. The smallest absolute Gasteiger partial charge is 0.193 e. The van der Waals surface area contributed by atoms with Gasteiger partial charge in [-0.2, -0.15) is 0 Å². The molecule has 0 radical (unpaired) electrons. The zero-order chi connectivity index (χ0) is 18.2. The number of aliphatic imine (C=N–C) groups is 1. The van der Waals surface area contributed by atoms with E-state index in [0.29, 0.717) is 0 Å². The number of nitrogens with one attached hydrogen (secondary N) is 1. The maximum atomic E-state index is 5.94. The minimum Gasteiger partial charge on any atom is -0.375 e. The van der Waals surface area contributed by atoms with Crippen molar-refractivity contribution in [1.82, 2.24) is 10.2 Å².